The Morgan fingerprint density at radius 3 is 2.00 bits per heavy atom. The maximum atomic E-state index is 6.41. The Morgan fingerprint density at radius 2 is 1.30 bits per heavy atom. The molecule has 6 heterocycles. The summed E-state index contributed by atoms with van der Waals surface area (Å²) >= 11 is 0. The highest BCUT2D eigenvalue weighted by Gasteiger charge is 2.21. The number of piperidine rings is 2. The van der Waals surface area contributed by atoms with Gasteiger partial charge in [-0.25, -0.2) is 15.0 Å². The predicted molar refractivity (Wildman–Crippen MR) is 190 cm³/mol. The third kappa shape index (κ3) is 8.75. The van der Waals surface area contributed by atoms with Gasteiger partial charge < -0.3 is 31.5 Å². The lowest BCUT2D eigenvalue weighted by atomic mass is 10.0. The van der Waals surface area contributed by atoms with E-state index in [4.69, 9.17) is 26.4 Å². The van der Waals surface area contributed by atoms with Crippen molar-refractivity contribution in [2.45, 2.75) is 89.6 Å². The molecule has 3 aromatic heterocycles. The standard InChI is InChI=1S/C37H55N9/c1-27(2)34-22-29(24-37(43-34)46-18-5-8-31(39)26-46)12-14-33-21-28(23-36(42-33)45-17-4-7-30(38)25-45)11-13-32-9-3-10-35(41-32)44-19-6-15-40-16-20-44/h3,9-10,21-24,27,30-31,40H,4-8,11-20,25-26,38-39H2,1-2H3/t30?,31-/m1/s1. The van der Waals surface area contributed by atoms with Crippen LogP contribution >= 0.6 is 0 Å². The van der Waals surface area contributed by atoms with Crippen LogP contribution in [0.3, 0.4) is 0 Å². The minimum atomic E-state index is 0.205. The molecule has 0 aromatic carbocycles. The average Bonchev–Trinajstić information content (AvgIpc) is 3.36. The average molecular weight is 626 g/mol. The van der Waals surface area contributed by atoms with Crippen molar-refractivity contribution in [1.29, 1.82) is 0 Å². The summed E-state index contributed by atoms with van der Waals surface area (Å²) in [6, 6.07) is 16.1. The van der Waals surface area contributed by atoms with Gasteiger partial charge in [0.25, 0.3) is 0 Å². The zero-order chi connectivity index (χ0) is 31.9. The van der Waals surface area contributed by atoms with Crippen molar-refractivity contribution >= 4 is 17.5 Å². The van der Waals surface area contributed by atoms with Crippen LogP contribution < -0.4 is 31.5 Å². The number of hydrogen-bond acceptors (Lipinski definition) is 9. The highest BCUT2D eigenvalue weighted by molar-refractivity contribution is 5.46. The van der Waals surface area contributed by atoms with E-state index >= 15 is 0 Å². The second-order valence-electron chi connectivity index (χ2n) is 14.0. The molecule has 3 aliphatic heterocycles. The van der Waals surface area contributed by atoms with Gasteiger partial charge in [-0.1, -0.05) is 19.9 Å². The quantitative estimate of drug-likeness (QED) is 0.305. The van der Waals surface area contributed by atoms with E-state index in [9.17, 15) is 0 Å². The SMILES string of the molecule is CC(C)c1cc(CCc2cc(CCc3cccc(N4CCCNCC4)n3)cc(N3CCCC(N)C3)n2)cc(N2CCC[C@@H](N)C2)n1. The number of nitrogens with zero attached hydrogens (tertiary/aromatic N) is 6. The van der Waals surface area contributed by atoms with Crippen molar-refractivity contribution in [3.05, 3.63) is 70.7 Å². The van der Waals surface area contributed by atoms with Crippen LogP contribution in [0.4, 0.5) is 17.5 Å². The van der Waals surface area contributed by atoms with E-state index in [2.05, 4.69) is 76.3 Å². The highest BCUT2D eigenvalue weighted by atomic mass is 15.2. The third-order valence-electron chi connectivity index (χ3n) is 9.77. The first-order chi connectivity index (χ1) is 22.4. The van der Waals surface area contributed by atoms with E-state index in [1.54, 1.807) is 0 Å². The Kier molecular flexibility index (Phi) is 11.0. The van der Waals surface area contributed by atoms with Crippen molar-refractivity contribution in [1.82, 2.24) is 20.3 Å². The van der Waals surface area contributed by atoms with Gasteiger partial charge in [-0.3, -0.25) is 0 Å². The normalized spacial score (nSPS) is 21.1. The summed E-state index contributed by atoms with van der Waals surface area (Å²) in [5, 5.41) is 3.50. The van der Waals surface area contributed by atoms with Crippen LogP contribution in [-0.2, 0) is 25.7 Å². The zero-order valence-electron chi connectivity index (χ0n) is 28.1. The van der Waals surface area contributed by atoms with Crippen molar-refractivity contribution in [3.8, 4) is 0 Å². The highest BCUT2D eigenvalue weighted by Crippen LogP contribution is 2.26. The smallest absolute Gasteiger partial charge is 0.129 e. The number of aromatic nitrogens is 3. The van der Waals surface area contributed by atoms with Gasteiger partial charge in [-0.15, -0.1) is 0 Å². The second-order valence-corrected chi connectivity index (χ2v) is 14.0. The molecular formula is C37H55N9. The van der Waals surface area contributed by atoms with Crippen molar-refractivity contribution in [2.75, 3.05) is 67.1 Å². The van der Waals surface area contributed by atoms with Gasteiger partial charge >= 0.3 is 0 Å². The van der Waals surface area contributed by atoms with E-state index in [1.807, 2.05) is 0 Å². The van der Waals surface area contributed by atoms with Gasteiger partial charge in [0.05, 0.1) is 0 Å². The number of hydrogen-bond donors (Lipinski definition) is 3. The number of aryl methyl sites for hydroxylation is 4. The molecule has 2 atom stereocenters. The number of nitrogens with two attached hydrogens (primary N) is 2. The lowest BCUT2D eigenvalue weighted by Gasteiger charge is -2.32. The van der Waals surface area contributed by atoms with Gasteiger partial charge in [0.1, 0.15) is 17.5 Å². The third-order valence-corrected chi connectivity index (χ3v) is 9.77. The van der Waals surface area contributed by atoms with Gasteiger partial charge in [0, 0.05) is 75.0 Å². The molecule has 0 radical (unpaired) electrons. The van der Waals surface area contributed by atoms with E-state index < -0.39 is 0 Å². The zero-order valence-corrected chi connectivity index (χ0v) is 28.1. The molecule has 248 valence electrons. The predicted octanol–water partition coefficient (Wildman–Crippen LogP) is 4.22. The Labute approximate surface area is 276 Å². The molecule has 3 aliphatic rings. The van der Waals surface area contributed by atoms with Crippen LogP contribution in [0.2, 0.25) is 0 Å². The molecule has 0 bridgehead atoms. The van der Waals surface area contributed by atoms with Crippen LogP contribution in [0.15, 0.2) is 42.5 Å². The van der Waals surface area contributed by atoms with E-state index in [1.165, 1.54) is 11.1 Å². The molecule has 6 rings (SSSR count). The first-order valence-corrected chi connectivity index (χ1v) is 17.8. The summed E-state index contributed by atoms with van der Waals surface area (Å²) in [6.07, 6.45) is 9.23. The van der Waals surface area contributed by atoms with Crippen LogP contribution in [0.1, 0.15) is 80.1 Å². The molecule has 0 amide bonds. The molecule has 5 N–H and O–H groups in total. The summed E-state index contributed by atoms with van der Waals surface area (Å²) in [6.45, 7) is 12.4. The minimum Gasteiger partial charge on any atom is -0.355 e. The summed E-state index contributed by atoms with van der Waals surface area (Å²) in [5.74, 6) is 3.62. The lowest BCUT2D eigenvalue weighted by Crippen LogP contribution is -2.43. The number of rotatable bonds is 10. The minimum absolute atomic E-state index is 0.205. The fraction of sp³-hybridized carbons (Fsp3) is 0.595. The van der Waals surface area contributed by atoms with E-state index in [0.717, 1.165) is 145 Å². The summed E-state index contributed by atoms with van der Waals surface area (Å²) in [5.41, 5.74) is 18.9. The number of pyridine rings is 3. The fourth-order valence-electron chi connectivity index (χ4n) is 7.10. The number of anilines is 3. The van der Waals surface area contributed by atoms with Gasteiger partial charge in [-0.05, 0) is 118 Å². The fourth-order valence-corrected chi connectivity index (χ4v) is 7.10. The van der Waals surface area contributed by atoms with Gasteiger partial charge in [0.15, 0.2) is 0 Å². The molecule has 0 aliphatic carbocycles. The Morgan fingerprint density at radius 1 is 0.674 bits per heavy atom. The molecule has 46 heavy (non-hydrogen) atoms. The molecule has 3 aromatic rings. The largest absolute Gasteiger partial charge is 0.355 e. The van der Waals surface area contributed by atoms with Crippen LogP contribution in [0.5, 0.6) is 0 Å². The Bertz CT molecular complexity index is 1420. The molecule has 1 unspecified atom stereocenters. The molecule has 3 fully saturated rings. The monoisotopic (exact) mass is 625 g/mol. The summed E-state index contributed by atoms with van der Waals surface area (Å²) in [4.78, 5) is 22.6. The number of nitrogens with one attached hydrogen (secondary N) is 1. The summed E-state index contributed by atoms with van der Waals surface area (Å²) < 4.78 is 0. The molecular weight excluding hydrogens is 570 g/mol. The van der Waals surface area contributed by atoms with Crippen molar-refractivity contribution in [2.24, 2.45) is 11.5 Å². The second kappa shape index (κ2) is 15.5. The van der Waals surface area contributed by atoms with Gasteiger partial charge in [0.2, 0.25) is 0 Å². The molecule has 3 saturated heterocycles. The first-order valence-electron chi connectivity index (χ1n) is 17.8. The van der Waals surface area contributed by atoms with E-state index in [0.29, 0.717) is 5.92 Å². The molecule has 9 nitrogen and oxygen atoms in total. The van der Waals surface area contributed by atoms with Crippen LogP contribution in [0.25, 0.3) is 0 Å². The maximum absolute atomic E-state index is 6.41. The molecule has 9 heteroatoms. The first kappa shape index (κ1) is 32.7. The Hall–Kier alpha value is -3.27. The topological polar surface area (TPSA) is 112 Å². The molecule has 0 spiro atoms. The lowest BCUT2D eigenvalue weighted by molar-refractivity contribution is 0.502. The van der Waals surface area contributed by atoms with Crippen molar-refractivity contribution in [3.63, 3.8) is 0 Å². The van der Waals surface area contributed by atoms with Crippen LogP contribution in [0, 0.1) is 0 Å². The van der Waals surface area contributed by atoms with Crippen molar-refractivity contribution < 1.29 is 0 Å². The maximum Gasteiger partial charge on any atom is 0.129 e. The van der Waals surface area contributed by atoms with Gasteiger partial charge in [-0.2, -0.15) is 0 Å². The van der Waals surface area contributed by atoms with Crippen LogP contribution in [-0.4, -0.2) is 79.4 Å². The molecule has 0 saturated carbocycles. The van der Waals surface area contributed by atoms with E-state index in [-0.39, 0.29) is 12.1 Å². The summed E-state index contributed by atoms with van der Waals surface area (Å²) in [7, 11) is 0. The Balaban J connectivity index is 1.20.